The van der Waals surface area contributed by atoms with Crippen molar-refractivity contribution in [2.45, 2.75) is 45.9 Å². The molecule has 0 amide bonds. The molecule has 2 N–H and O–H groups in total. The number of aryl methyl sites for hydroxylation is 2. The van der Waals surface area contributed by atoms with E-state index in [2.05, 4.69) is 16.5 Å². The summed E-state index contributed by atoms with van der Waals surface area (Å²) in [5.74, 6) is 1.40. The van der Waals surface area contributed by atoms with Crippen LogP contribution < -0.4 is 5.56 Å². The molecule has 0 aromatic carbocycles. The minimum Gasteiger partial charge on any atom is -0.468 e. The van der Waals surface area contributed by atoms with Crippen molar-refractivity contribution < 1.29 is 9.52 Å². The third kappa shape index (κ3) is 4.74. The summed E-state index contributed by atoms with van der Waals surface area (Å²) < 4.78 is 5.45. The van der Waals surface area contributed by atoms with Crippen molar-refractivity contribution in [3.63, 3.8) is 0 Å². The van der Waals surface area contributed by atoms with Crippen molar-refractivity contribution in [3.8, 4) is 0 Å². The van der Waals surface area contributed by atoms with E-state index in [1.807, 2.05) is 30.9 Å². The number of allylic oxidation sites excluding steroid dienone is 1. The second kappa shape index (κ2) is 8.65. The number of hydrogen-bond acceptors (Lipinski definition) is 6. The van der Waals surface area contributed by atoms with Crippen LogP contribution in [0.1, 0.15) is 34.9 Å². The Bertz CT molecular complexity index is 959. The lowest BCUT2D eigenvalue weighted by molar-refractivity contribution is 0.0931. The number of aromatic nitrogens is 2. The summed E-state index contributed by atoms with van der Waals surface area (Å²) in [5.41, 5.74) is 0.879. The van der Waals surface area contributed by atoms with Crippen LogP contribution in [-0.4, -0.2) is 32.6 Å². The van der Waals surface area contributed by atoms with Gasteiger partial charge in [0.25, 0.3) is 5.56 Å². The molecule has 0 aliphatic carbocycles. The molecule has 0 unspecified atom stereocenters. The summed E-state index contributed by atoms with van der Waals surface area (Å²) in [5, 5.41) is 11.0. The van der Waals surface area contributed by atoms with Crippen molar-refractivity contribution in [1.82, 2.24) is 14.9 Å². The Balaban J connectivity index is 1.83. The van der Waals surface area contributed by atoms with Crippen LogP contribution in [0, 0.1) is 13.8 Å². The molecule has 0 fully saturated rings. The number of hydrogen-bond donors (Lipinski definition) is 2. The smallest absolute Gasteiger partial charge is 0.259 e. The summed E-state index contributed by atoms with van der Waals surface area (Å²) in [6.07, 6.45) is 4.34. The highest BCUT2D eigenvalue weighted by Gasteiger charge is 2.17. The van der Waals surface area contributed by atoms with Gasteiger partial charge in [0, 0.05) is 11.4 Å². The van der Waals surface area contributed by atoms with Gasteiger partial charge in [-0.3, -0.25) is 9.69 Å². The summed E-state index contributed by atoms with van der Waals surface area (Å²) >= 11 is 1.54. The first-order valence-electron chi connectivity index (χ1n) is 9.00. The van der Waals surface area contributed by atoms with Gasteiger partial charge < -0.3 is 14.5 Å². The van der Waals surface area contributed by atoms with E-state index < -0.39 is 6.10 Å². The fourth-order valence-electron chi connectivity index (χ4n) is 3.09. The average molecular weight is 388 g/mol. The van der Waals surface area contributed by atoms with Gasteiger partial charge in [0.2, 0.25) is 0 Å². The van der Waals surface area contributed by atoms with Gasteiger partial charge in [0.05, 0.1) is 30.8 Å². The largest absolute Gasteiger partial charge is 0.468 e. The standard InChI is InChI=1S/C20H25N3O3S/c1-4-5-7-15(24)10-23(11-16-8-6-9-26-16)12-17-21-19(25)18-13(2)14(3)27-20(18)22-17/h4,6,8-9,15,24H,1,5,7,10-12H2,2-3H3,(H,21,22,25)/t15-/m0/s1. The molecule has 0 aliphatic heterocycles. The van der Waals surface area contributed by atoms with Gasteiger partial charge in [0.15, 0.2) is 0 Å². The number of furan rings is 1. The number of nitrogens with zero attached hydrogens (tertiary/aromatic N) is 2. The number of fused-ring (bicyclic) bond motifs is 1. The first kappa shape index (κ1) is 19.5. The molecule has 0 spiro atoms. The third-order valence-electron chi connectivity index (χ3n) is 4.59. The zero-order valence-electron chi connectivity index (χ0n) is 15.7. The summed E-state index contributed by atoms with van der Waals surface area (Å²) in [4.78, 5) is 24.0. The van der Waals surface area contributed by atoms with Crippen LogP contribution in [0.2, 0.25) is 0 Å². The van der Waals surface area contributed by atoms with E-state index in [-0.39, 0.29) is 5.56 Å². The van der Waals surface area contributed by atoms with E-state index in [0.717, 1.165) is 27.5 Å². The van der Waals surface area contributed by atoms with Gasteiger partial charge in [-0.05, 0) is 44.4 Å². The van der Waals surface area contributed by atoms with Crippen LogP contribution >= 0.6 is 11.3 Å². The van der Waals surface area contributed by atoms with Crippen molar-refractivity contribution in [2.75, 3.05) is 6.54 Å². The van der Waals surface area contributed by atoms with E-state index in [0.29, 0.717) is 37.3 Å². The predicted molar refractivity (Wildman–Crippen MR) is 108 cm³/mol. The van der Waals surface area contributed by atoms with Gasteiger partial charge in [-0.1, -0.05) is 6.08 Å². The SMILES string of the molecule is C=CCC[C@H](O)CN(Cc1nc2sc(C)c(C)c2c(=O)[nH]1)Cc1ccco1. The van der Waals surface area contributed by atoms with Gasteiger partial charge in [-0.25, -0.2) is 4.98 Å². The number of rotatable bonds is 9. The van der Waals surface area contributed by atoms with E-state index in [1.54, 1.807) is 12.3 Å². The number of H-pyrrole nitrogens is 1. The van der Waals surface area contributed by atoms with Crippen molar-refractivity contribution in [3.05, 3.63) is 63.4 Å². The molecule has 0 aliphatic rings. The molecule has 0 radical (unpaired) electrons. The quantitative estimate of drug-likeness (QED) is 0.549. The summed E-state index contributed by atoms with van der Waals surface area (Å²) in [7, 11) is 0. The Morgan fingerprint density at radius 3 is 2.96 bits per heavy atom. The Kier molecular flexibility index (Phi) is 6.26. The minimum atomic E-state index is -0.486. The molecule has 7 heteroatoms. The van der Waals surface area contributed by atoms with Crippen LogP contribution in [-0.2, 0) is 13.1 Å². The van der Waals surface area contributed by atoms with Crippen LogP contribution in [0.5, 0.6) is 0 Å². The van der Waals surface area contributed by atoms with Crippen molar-refractivity contribution in [1.29, 1.82) is 0 Å². The second-order valence-electron chi connectivity index (χ2n) is 6.74. The van der Waals surface area contributed by atoms with Crippen molar-refractivity contribution >= 4 is 21.6 Å². The monoisotopic (exact) mass is 387 g/mol. The molecule has 3 heterocycles. The number of aliphatic hydroxyl groups excluding tert-OH is 1. The predicted octanol–water partition coefficient (Wildman–Crippen LogP) is 3.52. The third-order valence-corrected chi connectivity index (χ3v) is 5.70. The van der Waals surface area contributed by atoms with Crippen LogP contribution in [0.15, 0.2) is 40.3 Å². The van der Waals surface area contributed by atoms with Gasteiger partial charge >= 0.3 is 0 Å². The Labute approximate surface area is 162 Å². The Hall–Kier alpha value is -2.22. The lowest BCUT2D eigenvalue weighted by Crippen LogP contribution is -2.32. The summed E-state index contributed by atoms with van der Waals surface area (Å²) in [6.45, 7) is 9.06. The summed E-state index contributed by atoms with van der Waals surface area (Å²) in [6, 6.07) is 3.74. The van der Waals surface area contributed by atoms with E-state index in [9.17, 15) is 9.90 Å². The lowest BCUT2D eigenvalue weighted by atomic mass is 10.2. The highest BCUT2D eigenvalue weighted by atomic mass is 32.1. The highest BCUT2D eigenvalue weighted by Crippen LogP contribution is 2.25. The Morgan fingerprint density at radius 1 is 1.44 bits per heavy atom. The molecular weight excluding hydrogens is 362 g/mol. The maximum absolute atomic E-state index is 12.5. The van der Waals surface area contributed by atoms with Crippen LogP contribution in [0.3, 0.4) is 0 Å². The van der Waals surface area contributed by atoms with Crippen LogP contribution in [0.4, 0.5) is 0 Å². The maximum Gasteiger partial charge on any atom is 0.259 e. The normalized spacial score (nSPS) is 12.7. The molecule has 3 rings (SSSR count). The molecule has 1 atom stereocenters. The first-order valence-corrected chi connectivity index (χ1v) is 9.82. The fourth-order valence-corrected chi connectivity index (χ4v) is 4.14. The lowest BCUT2D eigenvalue weighted by Gasteiger charge is -2.23. The number of thiophene rings is 1. The second-order valence-corrected chi connectivity index (χ2v) is 7.95. The topological polar surface area (TPSA) is 82.4 Å². The van der Waals surface area contributed by atoms with Gasteiger partial charge in [0.1, 0.15) is 16.4 Å². The average Bonchev–Trinajstić information content (AvgIpc) is 3.21. The molecule has 0 saturated carbocycles. The van der Waals surface area contributed by atoms with Gasteiger partial charge in [-0.15, -0.1) is 17.9 Å². The van der Waals surface area contributed by atoms with E-state index >= 15 is 0 Å². The number of aliphatic hydroxyl groups is 1. The number of nitrogens with one attached hydrogen (secondary N) is 1. The molecule has 3 aromatic rings. The van der Waals surface area contributed by atoms with E-state index in [4.69, 9.17) is 4.42 Å². The molecule has 3 aromatic heterocycles. The van der Waals surface area contributed by atoms with Crippen LogP contribution in [0.25, 0.3) is 10.2 Å². The molecule has 144 valence electrons. The molecule has 27 heavy (non-hydrogen) atoms. The highest BCUT2D eigenvalue weighted by molar-refractivity contribution is 7.18. The zero-order valence-corrected chi connectivity index (χ0v) is 16.5. The zero-order chi connectivity index (χ0) is 19.4. The molecule has 0 saturated heterocycles. The van der Waals surface area contributed by atoms with Gasteiger partial charge in [-0.2, -0.15) is 0 Å². The number of aromatic amines is 1. The first-order chi connectivity index (χ1) is 13.0. The fraction of sp³-hybridized carbons (Fsp3) is 0.400. The maximum atomic E-state index is 12.5. The molecular formula is C20H25N3O3S. The minimum absolute atomic E-state index is 0.109. The Morgan fingerprint density at radius 2 is 2.26 bits per heavy atom. The van der Waals surface area contributed by atoms with Crippen molar-refractivity contribution in [2.24, 2.45) is 0 Å². The molecule has 0 bridgehead atoms. The molecule has 6 nitrogen and oxygen atoms in total. The van der Waals surface area contributed by atoms with E-state index in [1.165, 1.54) is 11.3 Å².